The van der Waals surface area contributed by atoms with Crippen LogP contribution in [0.3, 0.4) is 0 Å². The summed E-state index contributed by atoms with van der Waals surface area (Å²) in [6.45, 7) is 0. The largest absolute Gasteiger partial charge is 0.382 e. The summed E-state index contributed by atoms with van der Waals surface area (Å²) in [6.07, 6.45) is 3.39. The second-order valence-electron chi connectivity index (χ2n) is 2.72. The van der Waals surface area contributed by atoms with Crippen LogP contribution in [0.25, 0.3) is 11.1 Å². The first kappa shape index (κ1) is 8.90. The Labute approximate surface area is 85.8 Å². The minimum absolute atomic E-state index is 0.326. The fourth-order valence-electron chi connectivity index (χ4n) is 1.12. The van der Waals surface area contributed by atoms with Crippen LogP contribution in [0.15, 0.2) is 30.6 Å². The number of pyridine rings is 1. The van der Waals surface area contributed by atoms with Gasteiger partial charge in [-0.15, -0.1) is 10.2 Å². The van der Waals surface area contributed by atoms with Crippen molar-refractivity contribution < 1.29 is 0 Å². The van der Waals surface area contributed by atoms with Gasteiger partial charge in [-0.3, -0.25) is 4.98 Å². The fourth-order valence-corrected chi connectivity index (χ4v) is 1.32. The average Bonchev–Trinajstić information content (AvgIpc) is 2.23. The van der Waals surface area contributed by atoms with E-state index in [2.05, 4.69) is 15.2 Å². The molecule has 0 fully saturated rings. The first-order valence-corrected chi connectivity index (χ1v) is 4.34. The minimum atomic E-state index is 0.326. The molecule has 4 nitrogen and oxygen atoms in total. The maximum Gasteiger partial charge on any atom is 0.159 e. The number of anilines is 1. The molecule has 0 spiro atoms. The zero-order chi connectivity index (χ0) is 9.97. The van der Waals surface area contributed by atoms with E-state index in [1.165, 1.54) is 0 Å². The summed E-state index contributed by atoms with van der Waals surface area (Å²) in [5.41, 5.74) is 7.13. The Hall–Kier alpha value is -1.68. The van der Waals surface area contributed by atoms with Gasteiger partial charge in [0.1, 0.15) is 5.82 Å². The van der Waals surface area contributed by atoms with Gasteiger partial charge in [-0.2, -0.15) is 0 Å². The summed E-state index contributed by atoms with van der Waals surface area (Å²) >= 11 is 5.87. The number of halogens is 1. The molecule has 5 heteroatoms. The normalized spacial score (nSPS) is 10.1. The van der Waals surface area contributed by atoms with Crippen LogP contribution in [-0.2, 0) is 0 Å². The lowest BCUT2D eigenvalue weighted by Crippen LogP contribution is -1.94. The van der Waals surface area contributed by atoms with Gasteiger partial charge < -0.3 is 5.73 Å². The van der Waals surface area contributed by atoms with Crippen molar-refractivity contribution in [3.63, 3.8) is 0 Å². The summed E-state index contributed by atoms with van der Waals surface area (Å²) < 4.78 is 0. The van der Waals surface area contributed by atoms with Crippen molar-refractivity contribution in [1.29, 1.82) is 0 Å². The highest BCUT2D eigenvalue weighted by atomic mass is 35.5. The highest BCUT2D eigenvalue weighted by Crippen LogP contribution is 2.25. The molecule has 2 rings (SSSR count). The maximum atomic E-state index is 5.87. The Morgan fingerprint density at radius 2 is 2.14 bits per heavy atom. The van der Waals surface area contributed by atoms with Crippen LogP contribution in [0.4, 0.5) is 5.82 Å². The number of aromatic nitrogens is 3. The van der Waals surface area contributed by atoms with Crippen LogP contribution < -0.4 is 5.73 Å². The Morgan fingerprint density at radius 1 is 1.29 bits per heavy atom. The van der Waals surface area contributed by atoms with E-state index >= 15 is 0 Å². The molecule has 2 N–H and O–H groups in total. The van der Waals surface area contributed by atoms with E-state index in [0.29, 0.717) is 11.0 Å². The molecule has 14 heavy (non-hydrogen) atoms. The molecular weight excluding hydrogens is 200 g/mol. The van der Waals surface area contributed by atoms with Crippen LogP contribution >= 0.6 is 11.6 Å². The van der Waals surface area contributed by atoms with Gasteiger partial charge in [-0.05, 0) is 12.1 Å². The van der Waals surface area contributed by atoms with Crippen molar-refractivity contribution in [1.82, 2.24) is 15.2 Å². The predicted molar refractivity (Wildman–Crippen MR) is 54.7 cm³/mol. The number of nitrogen functional groups attached to an aromatic ring is 1. The van der Waals surface area contributed by atoms with Crippen molar-refractivity contribution in [2.75, 3.05) is 5.73 Å². The molecule has 0 aromatic carbocycles. The highest BCUT2D eigenvalue weighted by Gasteiger charge is 2.05. The lowest BCUT2D eigenvalue weighted by Gasteiger charge is -2.02. The SMILES string of the molecule is Nc1cc(-c2cccnc2)c(Cl)nn1. The monoisotopic (exact) mass is 206 g/mol. The summed E-state index contributed by atoms with van der Waals surface area (Å²) in [4.78, 5) is 3.98. The Kier molecular flexibility index (Phi) is 2.28. The molecule has 2 heterocycles. The van der Waals surface area contributed by atoms with E-state index in [1.54, 1.807) is 18.5 Å². The first-order valence-electron chi connectivity index (χ1n) is 3.96. The molecule has 0 atom stereocenters. The van der Waals surface area contributed by atoms with E-state index in [1.807, 2.05) is 12.1 Å². The number of nitrogens with zero attached hydrogens (tertiary/aromatic N) is 3. The summed E-state index contributed by atoms with van der Waals surface area (Å²) in [5.74, 6) is 0.341. The molecule has 0 bridgehead atoms. The Bertz CT molecular complexity index is 444. The smallest absolute Gasteiger partial charge is 0.159 e. The minimum Gasteiger partial charge on any atom is -0.382 e. The summed E-state index contributed by atoms with van der Waals surface area (Å²) in [5, 5.41) is 7.68. The molecule has 0 aliphatic carbocycles. The standard InChI is InChI=1S/C9H7ClN4/c10-9-7(4-8(11)13-14-9)6-2-1-3-12-5-6/h1-5H,(H2,11,13). The van der Waals surface area contributed by atoms with Crippen LogP contribution in [0.1, 0.15) is 0 Å². The molecule has 2 aromatic rings. The van der Waals surface area contributed by atoms with Crippen molar-refractivity contribution in [3.05, 3.63) is 35.7 Å². The van der Waals surface area contributed by atoms with E-state index in [4.69, 9.17) is 17.3 Å². The van der Waals surface area contributed by atoms with E-state index in [9.17, 15) is 0 Å². The van der Waals surface area contributed by atoms with E-state index in [-0.39, 0.29) is 0 Å². The van der Waals surface area contributed by atoms with Crippen molar-refractivity contribution in [2.24, 2.45) is 0 Å². The van der Waals surface area contributed by atoms with Crippen LogP contribution in [0, 0.1) is 0 Å². The number of nitrogens with two attached hydrogens (primary N) is 1. The number of hydrogen-bond acceptors (Lipinski definition) is 4. The molecular formula is C9H7ClN4. The van der Waals surface area contributed by atoms with Gasteiger partial charge in [0.15, 0.2) is 5.15 Å². The topological polar surface area (TPSA) is 64.7 Å². The van der Waals surface area contributed by atoms with Gasteiger partial charge >= 0.3 is 0 Å². The van der Waals surface area contributed by atoms with Gasteiger partial charge in [-0.1, -0.05) is 17.7 Å². The van der Waals surface area contributed by atoms with E-state index < -0.39 is 0 Å². The molecule has 0 saturated carbocycles. The molecule has 0 aliphatic heterocycles. The van der Waals surface area contributed by atoms with E-state index in [0.717, 1.165) is 11.1 Å². The van der Waals surface area contributed by atoms with Gasteiger partial charge in [0, 0.05) is 23.5 Å². The van der Waals surface area contributed by atoms with Gasteiger partial charge in [0.2, 0.25) is 0 Å². The molecule has 0 saturated heterocycles. The summed E-state index contributed by atoms with van der Waals surface area (Å²) in [7, 11) is 0. The quantitative estimate of drug-likeness (QED) is 0.773. The second kappa shape index (κ2) is 3.59. The zero-order valence-electron chi connectivity index (χ0n) is 7.18. The lowest BCUT2D eigenvalue weighted by atomic mass is 10.1. The Morgan fingerprint density at radius 3 is 2.86 bits per heavy atom. The first-order chi connectivity index (χ1) is 6.77. The lowest BCUT2D eigenvalue weighted by molar-refractivity contribution is 1.04. The zero-order valence-corrected chi connectivity index (χ0v) is 7.94. The average molecular weight is 207 g/mol. The Balaban J connectivity index is 2.57. The molecule has 0 unspecified atom stereocenters. The maximum absolute atomic E-state index is 5.87. The molecule has 0 aliphatic rings. The molecule has 70 valence electrons. The van der Waals surface area contributed by atoms with Crippen molar-refractivity contribution in [2.45, 2.75) is 0 Å². The van der Waals surface area contributed by atoms with Gasteiger partial charge in [-0.25, -0.2) is 0 Å². The predicted octanol–water partition coefficient (Wildman–Crippen LogP) is 1.77. The highest BCUT2D eigenvalue weighted by molar-refractivity contribution is 6.32. The third kappa shape index (κ3) is 1.65. The molecule has 0 amide bonds. The number of rotatable bonds is 1. The van der Waals surface area contributed by atoms with Crippen LogP contribution in [-0.4, -0.2) is 15.2 Å². The molecule has 2 aromatic heterocycles. The van der Waals surface area contributed by atoms with Crippen LogP contribution in [0.5, 0.6) is 0 Å². The van der Waals surface area contributed by atoms with Gasteiger partial charge in [0.05, 0.1) is 0 Å². The second-order valence-corrected chi connectivity index (χ2v) is 3.07. The number of hydrogen-bond donors (Lipinski definition) is 1. The van der Waals surface area contributed by atoms with Crippen LogP contribution in [0.2, 0.25) is 5.15 Å². The van der Waals surface area contributed by atoms with Crippen molar-refractivity contribution >= 4 is 17.4 Å². The van der Waals surface area contributed by atoms with Crippen molar-refractivity contribution in [3.8, 4) is 11.1 Å². The fraction of sp³-hybridized carbons (Fsp3) is 0. The third-order valence-electron chi connectivity index (χ3n) is 1.74. The van der Waals surface area contributed by atoms with Gasteiger partial charge in [0.25, 0.3) is 0 Å². The third-order valence-corrected chi connectivity index (χ3v) is 2.02. The molecule has 0 radical (unpaired) electrons. The summed E-state index contributed by atoms with van der Waals surface area (Å²) in [6, 6.07) is 5.38.